The number of anilines is 1. The molecule has 0 atom stereocenters. The van der Waals surface area contributed by atoms with E-state index in [4.69, 9.17) is 11.6 Å². The molecule has 2 aromatic carbocycles. The fourth-order valence-electron chi connectivity index (χ4n) is 2.41. The van der Waals surface area contributed by atoms with E-state index in [2.05, 4.69) is 54.0 Å². The Morgan fingerprint density at radius 3 is 2.68 bits per heavy atom. The van der Waals surface area contributed by atoms with Crippen LogP contribution < -0.4 is 5.32 Å². The largest absolute Gasteiger partial charge is 0.324 e. The van der Waals surface area contributed by atoms with Gasteiger partial charge in [0, 0.05) is 26.1 Å². The van der Waals surface area contributed by atoms with Gasteiger partial charge in [0.15, 0.2) is 11.0 Å². The van der Waals surface area contributed by atoms with Crippen molar-refractivity contribution in [2.24, 2.45) is 0 Å². The van der Waals surface area contributed by atoms with Crippen molar-refractivity contribution >= 4 is 66.8 Å². The van der Waals surface area contributed by atoms with Gasteiger partial charge in [0.05, 0.1) is 11.4 Å². The van der Waals surface area contributed by atoms with Gasteiger partial charge in [0.2, 0.25) is 5.91 Å². The summed E-state index contributed by atoms with van der Waals surface area (Å²) in [6, 6.07) is 13.0. The Balaban J connectivity index is 1.73. The number of carbonyl (C=O) groups excluding carboxylic acids is 1. The molecular weight excluding hydrogens is 528 g/mol. The third-order valence-electron chi connectivity index (χ3n) is 3.67. The Labute approximate surface area is 188 Å². The van der Waals surface area contributed by atoms with Gasteiger partial charge in [-0.3, -0.25) is 9.36 Å². The highest BCUT2D eigenvalue weighted by Gasteiger charge is 2.15. The number of nitrogens with zero attached hydrogens (tertiary/aromatic N) is 3. The summed E-state index contributed by atoms with van der Waals surface area (Å²) in [5.41, 5.74) is 1.60. The number of benzene rings is 2. The maximum absolute atomic E-state index is 12.4. The van der Waals surface area contributed by atoms with Crippen LogP contribution in [0.3, 0.4) is 0 Å². The second-order valence-corrected chi connectivity index (χ2v) is 8.82. The molecule has 3 rings (SSSR count). The third kappa shape index (κ3) is 5.26. The predicted molar refractivity (Wildman–Crippen MR) is 122 cm³/mol. The number of hydrogen-bond donors (Lipinski definition) is 1. The highest BCUT2D eigenvalue weighted by atomic mass is 79.9. The minimum Gasteiger partial charge on any atom is -0.324 e. The summed E-state index contributed by atoms with van der Waals surface area (Å²) in [6.45, 7) is 4.33. The molecule has 1 N–H and O–H groups in total. The minimum absolute atomic E-state index is 0.134. The van der Waals surface area contributed by atoms with Crippen LogP contribution in [0.15, 0.2) is 69.2 Å². The maximum Gasteiger partial charge on any atom is 0.234 e. The molecule has 28 heavy (non-hydrogen) atoms. The Morgan fingerprint density at radius 1 is 1.21 bits per heavy atom. The van der Waals surface area contributed by atoms with E-state index in [-0.39, 0.29) is 11.7 Å². The van der Waals surface area contributed by atoms with E-state index in [1.54, 1.807) is 18.2 Å². The third-order valence-corrected chi connectivity index (χ3v) is 6.07. The van der Waals surface area contributed by atoms with Crippen LogP contribution in [0.4, 0.5) is 5.69 Å². The van der Waals surface area contributed by atoms with Crippen LogP contribution in [0.2, 0.25) is 5.02 Å². The van der Waals surface area contributed by atoms with E-state index in [1.807, 2.05) is 34.9 Å². The van der Waals surface area contributed by atoms with Gasteiger partial charge >= 0.3 is 0 Å². The van der Waals surface area contributed by atoms with E-state index >= 15 is 0 Å². The maximum atomic E-state index is 12.4. The standard InChI is InChI=1S/C19H15Br2ClN4OS/c1-2-9-26-18(12-3-6-14(22)7-4-12)24-25-19(26)28-11-17(27)23-16-10-13(20)5-8-15(16)21/h2-8,10H,1,9,11H2,(H,23,27). The van der Waals surface area contributed by atoms with Crippen LogP contribution in [0.1, 0.15) is 0 Å². The SMILES string of the molecule is C=CCn1c(SCC(=O)Nc2cc(Br)ccc2Br)nnc1-c1ccc(Cl)cc1. The lowest BCUT2D eigenvalue weighted by Gasteiger charge is -2.09. The zero-order valence-corrected chi connectivity index (χ0v) is 19.3. The van der Waals surface area contributed by atoms with Crippen molar-refractivity contribution in [1.82, 2.24) is 14.8 Å². The molecule has 0 radical (unpaired) electrons. The zero-order chi connectivity index (χ0) is 20.1. The van der Waals surface area contributed by atoms with E-state index in [0.717, 1.165) is 14.5 Å². The number of carbonyl (C=O) groups is 1. The number of thioether (sulfide) groups is 1. The van der Waals surface area contributed by atoms with Crippen molar-refractivity contribution in [3.05, 3.63) is 69.1 Å². The van der Waals surface area contributed by atoms with Crippen LogP contribution in [0, 0.1) is 0 Å². The molecule has 0 spiro atoms. The number of allylic oxidation sites excluding steroid dienone is 1. The molecule has 1 aromatic heterocycles. The summed E-state index contributed by atoms with van der Waals surface area (Å²) < 4.78 is 3.62. The molecule has 0 saturated carbocycles. The van der Waals surface area contributed by atoms with Gasteiger partial charge in [-0.25, -0.2) is 0 Å². The highest BCUT2D eigenvalue weighted by molar-refractivity contribution is 9.11. The van der Waals surface area contributed by atoms with Crippen molar-refractivity contribution in [3.63, 3.8) is 0 Å². The number of rotatable bonds is 7. The molecule has 1 amide bonds. The number of halogens is 3. The fourth-order valence-corrected chi connectivity index (χ4v) is 3.99. The van der Waals surface area contributed by atoms with Gasteiger partial charge in [-0.05, 0) is 58.4 Å². The number of nitrogens with one attached hydrogen (secondary N) is 1. The highest BCUT2D eigenvalue weighted by Crippen LogP contribution is 2.28. The summed E-state index contributed by atoms with van der Waals surface area (Å²) in [6.07, 6.45) is 1.77. The molecule has 144 valence electrons. The number of hydrogen-bond acceptors (Lipinski definition) is 4. The number of aromatic nitrogens is 3. The Morgan fingerprint density at radius 2 is 1.96 bits per heavy atom. The number of amides is 1. The van der Waals surface area contributed by atoms with Crippen molar-refractivity contribution in [2.45, 2.75) is 11.7 Å². The summed E-state index contributed by atoms with van der Waals surface area (Å²) in [5, 5.41) is 12.7. The molecule has 9 heteroatoms. The Hall–Kier alpha value is -1.61. The van der Waals surface area contributed by atoms with Gasteiger partial charge in [0.1, 0.15) is 0 Å². The van der Waals surface area contributed by atoms with E-state index in [0.29, 0.717) is 28.2 Å². The first kappa shape index (κ1) is 21.1. The van der Waals surface area contributed by atoms with Crippen LogP contribution in [-0.2, 0) is 11.3 Å². The first-order valence-corrected chi connectivity index (χ1v) is 11.1. The molecule has 0 aliphatic rings. The summed E-state index contributed by atoms with van der Waals surface area (Å²) in [4.78, 5) is 12.4. The smallest absolute Gasteiger partial charge is 0.234 e. The first-order chi connectivity index (χ1) is 13.5. The van der Waals surface area contributed by atoms with Crippen molar-refractivity contribution in [2.75, 3.05) is 11.1 Å². The molecule has 0 aliphatic heterocycles. The van der Waals surface area contributed by atoms with Crippen LogP contribution in [0.5, 0.6) is 0 Å². The van der Waals surface area contributed by atoms with Crippen LogP contribution >= 0.6 is 55.2 Å². The second kappa shape index (κ2) is 9.73. The molecule has 0 fully saturated rings. The summed E-state index contributed by atoms with van der Waals surface area (Å²) >= 11 is 14.1. The van der Waals surface area contributed by atoms with E-state index in [1.165, 1.54) is 11.8 Å². The lowest BCUT2D eigenvalue weighted by Crippen LogP contribution is -2.15. The molecule has 0 bridgehead atoms. The van der Waals surface area contributed by atoms with Crippen LogP contribution in [-0.4, -0.2) is 26.4 Å². The summed E-state index contributed by atoms with van der Waals surface area (Å²) in [7, 11) is 0. The van der Waals surface area contributed by atoms with E-state index < -0.39 is 0 Å². The van der Waals surface area contributed by atoms with Crippen molar-refractivity contribution in [3.8, 4) is 11.4 Å². The van der Waals surface area contributed by atoms with E-state index in [9.17, 15) is 4.79 Å². The zero-order valence-electron chi connectivity index (χ0n) is 14.5. The average molecular weight is 543 g/mol. The fraction of sp³-hybridized carbons (Fsp3) is 0.105. The molecular formula is C19H15Br2ClN4OS. The van der Waals surface area contributed by atoms with Gasteiger partial charge in [0.25, 0.3) is 0 Å². The molecule has 0 aliphatic carbocycles. The lowest BCUT2D eigenvalue weighted by atomic mass is 10.2. The molecule has 3 aromatic rings. The minimum atomic E-state index is -0.134. The average Bonchev–Trinajstić information content (AvgIpc) is 3.07. The first-order valence-electron chi connectivity index (χ1n) is 8.15. The Bertz CT molecular complexity index is 1010. The molecule has 0 saturated heterocycles. The van der Waals surface area contributed by atoms with Gasteiger partial charge < -0.3 is 5.32 Å². The normalized spacial score (nSPS) is 10.7. The topological polar surface area (TPSA) is 59.8 Å². The van der Waals surface area contributed by atoms with Crippen LogP contribution in [0.25, 0.3) is 11.4 Å². The predicted octanol–water partition coefficient (Wildman–Crippen LogP) is 6.04. The van der Waals surface area contributed by atoms with Gasteiger partial charge in [-0.1, -0.05) is 45.4 Å². The van der Waals surface area contributed by atoms with Gasteiger partial charge in [-0.2, -0.15) is 0 Å². The summed E-state index contributed by atoms with van der Waals surface area (Å²) in [5.74, 6) is 0.772. The monoisotopic (exact) mass is 540 g/mol. The lowest BCUT2D eigenvalue weighted by molar-refractivity contribution is -0.113. The van der Waals surface area contributed by atoms with Crippen molar-refractivity contribution < 1.29 is 4.79 Å². The molecule has 1 heterocycles. The molecule has 0 unspecified atom stereocenters. The van der Waals surface area contributed by atoms with Crippen molar-refractivity contribution in [1.29, 1.82) is 0 Å². The van der Waals surface area contributed by atoms with Gasteiger partial charge in [-0.15, -0.1) is 16.8 Å². The molecule has 5 nitrogen and oxygen atoms in total. The quantitative estimate of drug-likeness (QED) is 0.292. The second-order valence-electron chi connectivity index (χ2n) is 5.67. The Kier molecular flexibility index (Phi) is 7.34.